The number of para-hydroxylation sites is 2. The maximum atomic E-state index is 13.0. The molecule has 8 nitrogen and oxygen atoms in total. The molecule has 0 unspecified atom stereocenters. The number of fused-ring (bicyclic) bond motifs is 1. The number of aromatic nitrogens is 2. The van der Waals surface area contributed by atoms with E-state index in [9.17, 15) is 13.2 Å². The van der Waals surface area contributed by atoms with Crippen molar-refractivity contribution in [2.75, 3.05) is 33.1 Å². The average Bonchev–Trinajstić information content (AvgIpc) is 3.16. The Labute approximate surface area is 192 Å². The van der Waals surface area contributed by atoms with Gasteiger partial charge in [0.1, 0.15) is 5.75 Å². The molecule has 0 bridgehead atoms. The summed E-state index contributed by atoms with van der Waals surface area (Å²) in [6, 6.07) is 12.5. The molecule has 0 aliphatic rings. The van der Waals surface area contributed by atoms with Crippen LogP contribution in [0.2, 0.25) is 0 Å². The van der Waals surface area contributed by atoms with Crippen LogP contribution >= 0.6 is 11.8 Å². The molecule has 1 aromatic heterocycles. The second-order valence-electron chi connectivity index (χ2n) is 6.82. The minimum Gasteiger partial charge on any atom is -0.495 e. The van der Waals surface area contributed by atoms with E-state index in [-0.39, 0.29) is 17.3 Å². The highest BCUT2D eigenvalue weighted by Crippen LogP contribution is 2.34. The highest BCUT2D eigenvalue weighted by molar-refractivity contribution is 7.99. The number of esters is 1. The fourth-order valence-electron chi connectivity index (χ4n) is 3.38. The minimum absolute atomic E-state index is 0.199. The third kappa shape index (κ3) is 4.77. The van der Waals surface area contributed by atoms with Crippen molar-refractivity contribution in [1.29, 1.82) is 0 Å². The van der Waals surface area contributed by atoms with Crippen LogP contribution in [0.3, 0.4) is 0 Å². The van der Waals surface area contributed by atoms with Gasteiger partial charge in [-0.05, 0) is 30.3 Å². The Bertz CT molecular complexity index is 1200. The Balaban J connectivity index is 2.14. The molecule has 2 aromatic carbocycles. The summed E-state index contributed by atoms with van der Waals surface area (Å²) in [5, 5.41) is 0.630. The lowest BCUT2D eigenvalue weighted by Gasteiger charge is -2.18. The summed E-state index contributed by atoms with van der Waals surface area (Å²) in [6.07, 6.45) is 0.234. The van der Waals surface area contributed by atoms with Crippen molar-refractivity contribution in [1.82, 2.24) is 13.9 Å². The van der Waals surface area contributed by atoms with Gasteiger partial charge in [-0.1, -0.05) is 37.7 Å². The zero-order valence-corrected chi connectivity index (χ0v) is 20.2. The number of benzene rings is 2. The van der Waals surface area contributed by atoms with E-state index in [2.05, 4.69) is 0 Å². The summed E-state index contributed by atoms with van der Waals surface area (Å²) in [4.78, 5) is 16.5. The molecule has 32 heavy (non-hydrogen) atoms. The van der Waals surface area contributed by atoms with Crippen LogP contribution in [0.5, 0.6) is 5.75 Å². The van der Waals surface area contributed by atoms with E-state index in [1.165, 1.54) is 23.2 Å². The van der Waals surface area contributed by atoms with Crippen molar-refractivity contribution in [2.45, 2.75) is 30.3 Å². The van der Waals surface area contributed by atoms with Crippen LogP contribution in [0.1, 0.15) is 20.3 Å². The van der Waals surface area contributed by atoms with Gasteiger partial charge < -0.3 is 9.47 Å². The Kier molecular flexibility index (Phi) is 7.81. The highest BCUT2D eigenvalue weighted by atomic mass is 32.2. The van der Waals surface area contributed by atoms with E-state index >= 15 is 0 Å². The highest BCUT2D eigenvalue weighted by Gasteiger charge is 2.24. The molecule has 0 saturated heterocycles. The van der Waals surface area contributed by atoms with Crippen LogP contribution < -0.4 is 4.74 Å². The number of carbonyl (C=O) groups is 1. The Hall–Kier alpha value is -2.56. The van der Waals surface area contributed by atoms with E-state index in [0.29, 0.717) is 35.3 Å². The number of hydrogen-bond donors (Lipinski definition) is 0. The van der Waals surface area contributed by atoms with Gasteiger partial charge in [-0.25, -0.2) is 13.4 Å². The van der Waals surface area contributed by atoms with E-state index in [0.717, 1.165) is 11.2 Å². The molecular weight excluding hydrogens is 450 g/mol. The molecule has 10 heteroatoms. The summed E-state index contributed by atoms with van der Waals surface area (Å²) < 4.78 is 39.6. The number of rotatable bonds is 10. The first-order valence-electron chi connectivity index (χ1n) is 10.2. The number of carbonyl (C=O) groups excluding carboxylic acids is 1. The van der Waals surface area contributed by atoms with Crippen LogP contribution in [0.25, 0.3) is 16.7 Å². The van der Waals surface area contributed by atoms with Crippen molar-refractivity contribution in [3.8, 4) is 11.4 Å². The number of sulfonamides is 1. The molecule has 0 aliphatic carbocycles. The third-order valence-electron chi connectivity index (χ3n) is 5.03. The lowest BCUT2D eigenvalue weighted by Crippen LogP contribution is -2.30. The van der Waals surface area contributed by atoms with Gasteiger partial charge in [0, 0.05) is 18.8 Å². The van der Waals surface area contributed by atoms with Gasteiger partial charge in [0.25, 0.3) is 0 Å². The fourth-order valence-corrected chi connectivity index (χ4v) is 5.80. The number of thioether (sulfide) groups is 1. The van der Waals surface area contributed by atoms with Crippen molar-refractivity contribution in [3.05, 3.63) is 42.5 Å². The Morgan fingerprint density at radius 2 is 1.84 bits per heavy atom. The normalized spacial score (nSPS) is 11.8. The lowest BCUT2D eigenvalue weighted by atomic mass is 10.2. The topological polar surface area (TPSA) is 90.7 Å². The molecule has 0 amide bonds. The maximum absolute atomic E-state index is 13.0. The summed E-state index contributed by atoms with van der Waals surface area (Å²) in [7, 11) is -0.664. The number of methoxy groups -OCH3 is 2. The largest absolute Gasteiger partial charge is 0.495 e. The average molecular weight is 478 g/mol. The van der Waals surface area contributed by atoms with E-state index in [1.807, 2.05) is 42.7 Å². The number of imidazole rings is 1. The molecule has 0 fully saturated rings. The molecule has 0 aliphatic heterocycles. The van der Waals surface area contributed by atoms with Crippen LogP contribution in [-0.2, 0) is 19.6 Å². The van der Waals surface area contributed by atoms with E-state index in [1.54, 1.807) is 25.3 Å². The molecule has 0 saturated carbocycles. The Morgan fingerprint density at radius 1 is 1.12 bits per heavy atom. The van der Waals surface area contributed by atoms with Crippen molar-refractivity contribution >= 4 is 38.8 Å². The zero-order valence-electron chi connectivity index (χ0n) is 18.6. The molecule has 1 heterocycles. The van der Waals surface area contributed by atoms with E-state index in [4.69, 9.17) is 14.5 Å². The number of hydrogen-bond acceptors (Lipinski definition) is 7. The van der Waals surface area contributed by atoms with Gasteiger partial charge in [-0.15, -0.1) is 0 Å². The lowest BCUT2D eigenvalue weighted by molar-refractivity contribution is -0.140. The predicted molar refractivity (Wildman–Crippen MR) is 125 cm³/mol. The van der Waals surface area contributed by atoms with Gasteiger partial charge in [0.2, 0.25) is 10.0 Å². The second-order valence-corrected chi connectivity index (χ2v) is 9.82. The smallest absolute Gasteiger partial charge is 0.306 e. The van der Waals surface area contributed by atoms with Gasteiger partial charge in [0.05, 0.1) is 42.3 Å². The summed E-state index contributed by atoms with van der Waals surface area (Å²) in [6.45, 7) is 4.40. The number of nitrogens with zero attached hydrogens (tertiary/aromatic N) is 3. The third-order valence-corrected chi connectivity index (χ3v) is 8.02. The summed E-state index contributed by atoms with van der Waals surface area (Å²) in [5.41, 5.74) is 2.07. The van der Waals surface area contributed by atoms with Gasteiger partial charge in [-0.3, -0.25) is 9.36 Å². The number of ether oxygens (including phenoxy) is 2. The van der Waals surface area contributed by atoms with Crippen molar-refractivity contribution in [3.63, 3.8) is 0 Å². The van der Waals surface area contributed by atoms with Crippen molar-refractivity contribution < 1.29 is 22.7 Å². The first-order chi connectivity index (χ1) is 15.4. The zero-order chi connectivity index (χ0) is 23.3. The van der Waals surface area contributed by atoms with Gasteiger partial charge in [-0.2, -0.15) is 4.31 Å². The first kappa shape index (κ1) is 24.1. The predicted octanol–water partition coefficient (Wildman–Crippen LogP) is 3.72. The standard InChI is InChI=1S/C22H27N3O5S2/c1-5-24(6-2)32(27,28)16-11-12-18-17(15-16)23-22(31-14-13-21(26)30-4)25(18)19-9-7-8-10-20(19)29-3/h7-12,15H,5-6,13-14H2,1-4H3. The van der Waals surface area contributed by atoms with Gasteiger partial charge in [0.15, 0.2) is 5.16 Å². The van der Waals surface area contributed by atoms with Crippen LogP contribution in [0.4, 0.5) is 0 Å². The van der Waals surface area contributed by atoms with Crippen LogP contribution in [0.15, 0.2) is 52.5 Å². The van der Waals surface area contributed by atoms with Gasteiger partial charge >= 0.3 is 5.97 Å². The summed E-state index contributed by atoms with van der Waals surface area (Å²) in [5.74, 6) is 0.821. The molecule has 0 spiro atoms. The monoisotopic (exact) mass is 477 g/mol. The van der Waals surface area contributed by atoms with Crippen LogP contribution in [-0.4, -0.2) is 61.3 Å². The minimum atomic E-state index is -3.61. The second kappa shape index (κ2) is 10.4. The van der Waals surface area contributed by atoms with Crippen LogP contribution in [0, 0.1) is 0 Å². The molecule has 0 N–H and O–H groups in total. The quantitative estimate of drug-likeness (QED) is 0.325. The maximum Gasteiger partial charge on any atom is 0.306 e. The molecule has 172 valence electrons. The SMILES string of the molecule is CCN(CC)S(=O)(=O)c1ccc2c(c1)nc(SCCC(=O)OC)n2-c1ccccc1OC. The van der Waals surface area contributed by atoms with Crippen molar-refractivity contribution in [2.24, 2.45) is 0 Å². The molecule has 0 atom stereocenters. The molecule has 3 rings (SSSR count). The Morgan fingerprint density at radius 3 is 2.50 bits per heavy atom. The van der Waals surface area contributed by atoms with E-state index < -0.39 is 10.0 Å². The molecule has 3 aromatic rings. The first-order valence-corrected chi connectivity index (χ1v) is 12.7. The molecular formula is C22H27N3O5S2. The summed E-state index contributed by atoms with van der Waals surface area (Å²) >= 11 is 1.39. The fraction of sp³-hybridized carbons (Fsp3) is 0.364. The molecule has 0 radical (unpaired) electrons.